The van der Waals surface area contributed by atoms with Crippen LogP contribution in [0.3, 0.4) is 0 Å². The number of fused-ring (bicyclic) bond motifs is 1. The Balaban J connectivity index is 1.97. The molecule has 2 aromatic rings. The van der Waals surface area contributed by atoms with Gasteiger partial charge in [0.25, 0.3) is 5.91 Å². The van der Waals surface area contributed by atoms with E-state index in [-0.39, 0.29) is 11.9 Å². The molecule has 0 aromatic heterocycles. The minimum atomic E-state index is -0.366. The Morgan fingerprint density at radius 3 is 2.71 bits per heavy atom. The quantitative estimate of drug-likeness (QED) is 0.892. The zero-order valence-corrected chi connectivity index (χ0v) is 13.4. The lowest BCUT2D eigenvalue weighted by Crippen LogP contribution is -2.21. The first-order valence-electron chi connectivity index (χ1n) is 6.69. The first-order chi connectivity index (χ1) is 10.1. The Morgan fingerprint density at radius 1 is 1.19 bits per heavy atom. The average Bonchev–Trinajstić information content (AvgIpc) is 2.75. The fourth-order valence-electron chi connectivity index (χ4n) is 2.52. The molecule has 0 saturated heterocycles. The number of nitrogens with zero attached hydrogens (tertiary/aromatic N) is 1. The third-order valence-electron chi connectivity index (χ3n) is 3.53. The number of para-hydroxylation sites is 1. The molecule has 1 aliphatic rings. The maximum Gasteiger partial charge on any atom is 0.251 e. The van der Waals surface area contributed by atoms with Crippen LogP contribution in [0, 0.1) is 0 Å². The van der Waals surface area contributed by atoms with Crippen molar-refractivity contribution in [3.63, 3.8) is 0 Å². The molecule has 1 aliphatic heterocycles. The number of rotatable bonds is 3. The number of carbonyl (C=O) groups is 1. The normalized spacial score (nSPS) is 16.3. The molecule has 2 aromatic carbocycles. The van der Waals surface area contributed by atoms with Gasteiger partial charge in [-0.1, -0.05) is 34.1 Å². The summed E-state index contributed by atoms with van der Waals surface area (Å²) in [6.07, 6.45) is 0. The molecule has 1 heterocycles. The molecule has 0 aliphatic carbocycles. The highest BCUT2D eigenvalue weighted by Crippen LogP contribution is 2.36. The third kappa shape index (κ3) is 2.61. The fourth-order valence-corrected chi connectivity index (χ4v) is 2.88. The number of amides is 1. The summed E-state index contributed by atoms with van der Waals surface area (Å²) in [5, 5.41) is 6.26. The third-order valence-corrected chi connectivity index (χ3v) is 4.03. The summed E-state index contributed by atoms with van der Waals surface area (Å²) in [6.45, 7) is 0. The van der Waals surface area contributed by atoms with Crippen molar-refractivity contribution in [1.29, 1.82) is 0 Å². The van der Waals surface area contributed by atoms with E-state index in [1.54, 1.807) is 0 Å². The van der Waals surface area contributed by atoms with Crippen molar-refractivity contribution in [1.82, 2.24) is 0 Å². The topological polar surface area (TPSA) is 44.4 Å². The predicted molar refractivity (Wildman–Crippen MR) is 89.9 cm³/mol. The summed E-state index contributed by atoms with van der Waals surface area (Å²) in [4.78, 5) is 14.2. The molecular formula is C16H16BrN3O. The standard InChI is InChI=1S/C16H16BrN3O/c1-20(2)14-8-7-10(17)9-13(14)18-15-11-5-3-4-6-12(11)19-16(15)21/h3-9,15,18H,1-2H3,(H,19,21). The van der Waals surface area contributed by atoms with E-state index in [9.17, 15) is 4.79 Å². The van der Waals surface area contributed by atoms with Gasteiger partial charge in [0.15, 0.2) is 0 Å². The fraction of sp³-hybridized carbons (Fsp3) is 0.188. The van der Waals surface area contributed by atoms with Crippen LogP contribution in [0.4, 0.5) is 17.1 Å². The maximum absolute atomic E-state index is 12.2. The van der Waals surface area contributed by atoms with Crippen LogP contribution in [-0.4, -0.2) is 20.0 Å². The molecule has 3 rings (SSSR count). The maximum atomic E-state index is 12.2. The molecular weight excluding hydrogens is 330 g/mol. The minimum absolute atomic E-state index is 0.0270. The van der Waals surface area contributed by atoms with Crippen LogP contribution in [0.25, 0.3) is 0 Å². The number of anilines is 3. The predicted octanol–water partition coefficient (Wildman–Crippen LogP) is 3.62. The molecule has 1 atom stereocenters. The first kappa shape index (κ1) is 13.9. The molecule has 1 unspecified atom stereocenters. The summed E-state index contributed by atoms with van der Waals surface area (Å²) in [7, 11) is 3.97. The average molecular weight is 346 g/mol. The summed E-state index contributed by atoms with van der Waals surface area (Å²) in [5.74, 6) is -0.0270. The second kappa shape index (κ2) is 5.41. The molecule has 5 heteroatoms. The molecule has 0 bridgehead atoms. The zero-order valence-electron chi connectivity index (χ0n) is 11.9. The molecule has 21 heavy (non-hydrogen) atoms. The van der Waals surface area contributed by atoms with Crippen molar-refractivity contribution < 1.29 is 4.79 Å². The molecule has 1 amide bonds. The summed E-state index contributed by atoms with van der Waals surface area (Å²) < 4.78 is 0.974. The van der Waals surface area contributed by atoms with E-state index in [4.69, 9.17) is 0 Å². The molecule has 0 fully saturated rings. The number of hydrogen-bond acceptors (Lipinski definition) is 3. The smallest absolute Gasteiger partial charge is 0.251 e. The van der Waals surface area contributed by atoms with Crippen molar-refractivity contribution >= 4 is 38.9 Å². The lowest BCUT2D eigenvalue weighted by atomic mass is 10.1. The summed E-state index contributed by atoms with van der Waals surface area (Å²) in [6, 6.07) is 13.4. The highest BCUT2D eigenvalue weighted by molar-refractivity contribution is 9.10. The van der Waals surface area contributed by atoms with E-state index < -0.39 is 0 Å². The highest BCUT2D eigenvalue weighted by Gasteiger charge is 2.30. The van der Waals surface area contributed by atoms with Gasteiger partial charge in [0.05, 0.1) is 11.4 Å². The van der Waals surface area contributed by atoms with E-state index in [0.717, 1.165) is 27.1 Å². The second-order valence-corrected chi connectivity index (χ2v) is 6.13. The number of nitrogens with one attached hydrogen (secondary N) is 2. The van der Waals surface area contributed by atoms with Gasteiger partial charge in [-0.2, -0.15) is 0 Å². The lowest BCUT2D eigenvalue weighted by Gasteiger charge is -2.21. The van der Waals surface area contributed by atoms with Gasteiger partial charge in [-0.25, -0.2) is 0 Å². The van der Waals surface area contributed by atoms with E-state index >= 15 is 0 Å². The highest BCUT2D eigenvalue weighted by atomic mass is 79.9. The summed E-state index contributed by atoms with van der Waals surface area (Å²) in [5.41, 5.74) is 3.81. The second-order valence-electron chi connectivity index (χ2n) is 5.21. The molecule has 108 valence electrons. The monoisotopic (exact) mass is 345 g/mol. The van der Waals surface area contributed by atoms with Gasteiger partial charge in [-0.05, 0) is 24.3 Å². The van der Waals surface area contributed by atoms with Crippen LogP contribution in [0.5, 0.6) is 0 Å². The Bertz CT molecular complexity index is 700. The molecule has 0 saturated carbocycles. The number of benzene rings is 2. The van der Waals surface area contributed by atoms with Gasteiger partial charge in [0.1, 0.15) is 6.04 Å². The Labute approximate surface area is 132 Å². The molecule has 0 spiro atoms. The lowest BCUT2D eigenvalue weighted by molar-refractivity contribution is -0.116. The van der Waals surface area contributed by atoms with Gasteiger partial charge < -0.3 is 15.5 Å². The first-order valence-corrected chi connectivity index (χ1v) is 7.49. The van der Waals surface area contributed by atoms with Crippen molar-refractivity contribution in [3.8, 4) is 0 Å². The van der Waals surface area contributed by atoms with Crippen LogP contribution >= 0.6 is 15.9 Å². The zero-order chi connectivity index (χ0) is 15.0. The number of hydrogen-bond donors (Lipinski definition) is 2. The van der Waals surface area contributed by atoms with Crippen LogP contribution in [-0.2, 0) is 4.79 Å². The minimum Gasteiger partial charge on any atom is -0.376 e. The van der Waals surface area contributed by atoms with Crippen molar-refractivity contribution in [3.05, 3.63) is 52.5 Å². The molecule has 0 radical (unpaired) electrons. The largest absolute Gasteiger partial charge is 0.376 e. The van der Waals surface area contributed by atoms with Gasteiger partial charge in [-0.3, -0.25) is 4.79 Å². The van der Waals surface area contributed by atoms with E-state index in [1.165, 1.54) is 0 Å². The number of carbonyl (C=O) groups excluding carboxylic acids is 1. The van der Waals surface area contributed by atoms with Crippen LogP contribution < -0.4 is 15.5 Å². The van der Waals surface area contributed by atoms with E-state index in [0.29, 0.717) is 0 Å². The van der Waals surface area contributed by atoms with Gasteiger partial charge in [0.2, 0.25) is 0 Å². The SMILES string of the molecule is CN(C)c1ccc(Br)cc1NC1C(=O)Nc2ccccc21. The Morgan fingerprint density at radius 2 is 1.95 bits per heavy atom. The molecule has 2 N–H and O–H groups in total. The van der Waals surface area contributed by atoms with E-state index in [1.807, 2.05) is 61.5 Å². The van der Waals surface area contributed by atoms with Gasteiger partial charge >= 0.3 is 0 Å². The molecule has 4 nitrogen and oxygen atoms in total. The van der Waals surface area contributed by atoms with Crippen LogP contribution in [0.1, 0.15) is 11.6 Å². The number of halogens is 1. The van der Waals surface area contributed by atoms with Crippen LogP contribution in [0.2, 0.25) is 0 Å². The van der Waals surface area contributed by atoms with Crippen molar-refractivity contribution in [2.45, 2.75) is 6.04 Å². The summed E-state index contributed by atoms with van der Waals surface area (Å²) >= 11 is 3.48. The van der Waals surface area contributed by atoms with Crippen molar-refractivity contribution in [2.24, 2.45) is 0 Å². The van der Waals surface area contributed by atoms with Gasteiger partial charge in [-0.15, -0.1) is 0 Å². The van der Waals surface area contributed by atoms with E-state index in [2.05, 4.69) is 26.6 Å². The Hall–Kier alpha value is -2.01. The van der Waals surface area contributed by atoms with Crippen molar-refractivity contribution in [2.75, 3.05) is 29.6 Å². The van der Waals surface area contributed by atoms with Crippen LogP contribution in [0.15, 0.2) is 46.9 Å². The Kier molecular flexibility index (Phi) is 3.59. The van der Waals surface area contributed by atoms with Gasteiger partial charge in [0, 0.05) is 29.8 Å².